The van der Waals surface area contributed by atoms with Crippen molar-refractivity contribution in [1.82, 2.24) is 0 Å². The summed E-state index contributed by atoms with van der Waals surface area (Å²) in [5.41, 5.74) is 0. The van der Waals surface area contributed by atoms with Crippen LogP contribution in [0.25, 0.3) is 0 Å². The van der Waals surface area contributed by atoms with E-state index >= 15 is 0 Å². The first-order valence-corrected chi connectivity index (χ1v) is 6.92. The zero-order valence-corrected chi connectivity index (χ0v) is 11.8. The Balaban J connectivity index is 2.10. The van der Waals surface area contributed by atoms with Gasteiger partial charge in [0.05, 0.1) is 12.7 Å². The predicted octanol–water partition coefficient (Wildman–Crippen LogP) is 3.44. The van der Waals surface area contributed by atoms with Gasteiger partial charge < -0.3 is 7.80 Å². The van der Waals surface area contributed by atoms with Crippen molar-refractivity contribution in [3.63, 3.8) is 0 Å². The molecule has 0 radical (unpaired) electrons. The molecule has 2 saturated carbocycles. The van der Waals surface area contributed by atoms with Crippen LogP contribution in [0.4, 0.5) is 0 Å². The maximum absolute atomic E-state index is 5.71. The molecule has 2 aliphatic rings. The Morgan fingerprint density at radius 1 is 1.27 bits per heavy atom. The maximum Gasteiger partial charge on any atom is 0.109 e. The predicted molar refractivity (Wildman–Crippen MR) is 68.9 cm³/mol. The highest BCUT2D eigenvalue weighted by atomic mass is 127. The minimum atomic E-state index is 0.470. The van der Waals surface area contributed by atoms with Crippen LogP contribution < -0.4 is 0 Å². The van der Waals surface area contributed by atoms with Crippen LogP contribution in [0.3, 0.4) is 0 Å². The van der Waals surface area contributed by atoms with Gasteiger partial charge in [0.25, 0.3) is 0 Å². The van der Waals surface area contributed by atoms with Crippen molar-refractivity contribution in [3.05, 3.63) is 0 Å². The zero-order valence-electron chi connectivity index (χ0n) is 9.62. The molecular weight excluding hydrogens is 303 g/mol. The lowest BCUT2D eigenvalue weighted by atomic mass is 9.61. The van der Waals surface area contributed by atoms with Crippen molar-refractivity contribution in [2.24, 2.45) is 23.7 Å². The van der Waals surface area contributed by atoms with Crippen molar-refractivity contribution in [2.75, 3.05) is 13.7 Å². The number of fused-ring (bicyclic) bond motifs is 2. The first-order valence-electron chi connectivity index (χ1n) is 6.04. The Morgan fingerprint density at radius 2 is 2.00 bits per heavy atom. The zero-order chi connectivity index (χ0) is 10.8. The van der Waals surface area contributed by atoms with E-state index in [4.69, 9.17) is 7.80 Å². The summed E-state index contributed by atoms with van der Waals surface area (Å²) in [6, 6.07) is 0. The minimum Gasteiger partial charge on any atom is -0.381 e. The second-order valence-electron chi connectivity index (χ2n) is 5.19. The average Bonchev–Trinajstić information content (AvgIpc) is 2.26. The van der Waals surface area contributed by atoms with Crippen LogP contribution in [0.15, 0.2) is 0 Å². The number of hydrogen-bond donors (Lipinski definition) is 0. The van der Waals surface area contributed by atoms with Crippen molar-refractivity contribution >= 4 is 23.0 Å². The highest BCUT2D eigenvalue weighted by molar-refractivity contribution is 14.1. The average molecular weight is 324 g/mol. The SMILES string of the molecule is COC1C2CCCC(C2)C(COI)C1C. The van der Waals surface area contributed by atoms with Gasteiger partial charge in [0.1, 0.15) is 23.0 Å². The fourth-order valence-electron chi connectivity index (χ4n) is 3.82. The van der Waals surface area contributed by atoms with Gasteiger partial charge in [0.15, 0.2) is 0 Å². The molecule has 0 saturated heterocycles. The van der Waals surface area contributed by atoms with E-state index in [1.165, 1.54) is 25.7 Å². The largest absolute Gasteiger partial charge is 0.381 e. The van der Waals surface area contributed by atoms with Crippen molar-refractivity contribution < 1.29 is 7.80 Å². The third-order valence-corrected chi connectivity index (χ3v) is 4.91. The number of rotatable bonds is 3. The van der Waals surface area contributed by atoms with E-state index in [1.54, 1.807) is 0 Å². The van der Waals surface area contributed by atoms with Crippen LogP contribution in [0.5, 0.6) is 0 Å². The molecule has 2 rings (SSSR count). The van der Waals surface area contributed by atoms with Crippen LogP contribution in [-0.4, -0.2) is 19.8 Å². The first kappa shape index (κ1) is 12.1. The summed E-state index contributed by atoms with van der Waals surface area (Å²) in [5, 5.41) is 0. The van der Waals surface area contributed by atoms with E-state index in [0.29, 0.717) is 17.9 Å². The highest BCUT2D eigenvalue weighted by Gasteiger charge is 2.44. The van der Waals surface area contributed by atoms with Gasteiger partial charge in [0.2, 0.25) is 0 Å². The molecule has 5 atom stereocenters. The number of ether oxygens (including phenoxy) is 1. The van der Waals surface area contributed by atoms with Gasteiger partial charge in [-0.1, -0.05) is 19.8 Å². The van der Waals surface area contributed by atoms with E-state index in [1.807, 2.05) is 30.1 Å². The lowest BCUT2D eigenvalue weighted by molar-refractivity contribution is -0.0864. The monoisotopic (exact) mass is 324 g/mol. The molecule has 0 N–H and O–H groups in total. The van der Waals surface area contributed by atoms with Gasteiger partial charge in [-0.3, -0.25) is 0 Å². The van der Waals surface area contributed by atoms with Gasteiger partial charge >= 0.3 is 0 Å². The quantitative estimate of drug-likeness (QED) is 0.741. The second kappa shape index (κ2) is 5.32. The third-order valence-electron chi connectivity index (χ3n) is 4.55. The third kappa shape index (κ3) is 2.34. The molecule has 0 heterocycles. The summed E-state index contributed by atoms with van der Waals surface area (Å²) in [6.07, 6.45) is 6.00. The molecule has 2 aliphatic carbocycles. The Bertz CT molecular complexity index is 210. The smallest absolute Gasteiger partial charge is 0.109 e. The van der Waals surface area contributed by atoms with Crippen LogP contribution in [-0.2, 0) is 7.80 Å². The van der Waals surface area contributed by atoms with Crippen molar-refractivity contribution in [1.29, 1.82) is 0 Å². The Labute approximate surface area is 107 Å². The fraction of sp³-hybridized carbons (Fsp3) is 1.00. The van der Waals surface area contributed by atoms with Crippen molar-refractivity contribution in [2.45, 2.75) is 38.7 Å². The summed E-state index contributed by atoms with van der Waals surface area (Å²) < 4.78 is 11.1. The summed E-state index contributed by atoms with van der Waals surface area (Å²) in [7, 11) is 1.87. The highest BCUT2D eigenvalue weighted by Crippen LogP contribution is 2.47. The van der Waals surface area contributed by atoms with Crippen LogP contribution in [0, 0.1) is 23.7 Å². The molecule has 0 spiro atoms. The number of methoxy groups -OCH3 is 1. The normalized spacial score (nSPS) is 45.4. The summed E-state index contributed by atoms with van der Waals surface area (Å²) >= 11 is 2.03. The lowest BCUT2D eigenvalue weighted by Crippen LogP contribution is -2.46. The van der Waals surface area contributed by atoms with Crippen LogP contribution >= 0.6 is 23.0 Å². The van der Waals surface area contributed by atoms with E-state index in [0.717, 1.165) is 18.4 Å². The number of halogens is 1. The van der Waals surface area contributed by atoms with Gasteiger partial charge in [-0.2, -0.15) is 0 Å². The van der Waals surface area contributed by atoms with E-state index in [9.17, 15) is 0 Å². The Morgan fingerprint density at radius 3 is 2.67 bits per heavy atom. The summed E-state index contributed by atoms with van der Waals surface area (Å²) in [5.74, 6) is 3.08. The number of hydrogen-bond acceptors (Lipinski definition) is 2. The molecule has 2 nitrogen and oxygen atoms in total. The van der Waals surface area contributed by atoms with Gasteiger partial charge in [-0.15, -0.1) is 0 Å². The van der Waals surface area contributed by atoms with Gasteiger partial charge in [-0.25, -0.2) is 0 Å². The molecule has 0 aromatic carbocycles. The molecule has 88 valence electrons. The molecule has 2 bridgehead atoms. The Hall–Kier alpha value is 0.650. The summed E-state index contributed by atoms with van der Waals surface area (Å²) in [6.45, 7) is 3.25. The molecule has 0 aromatic rings. The summed E-state index contributed by atoms with van der Waals surface area (Å²) in [4.78, 5) is 0. The van der Waals surface area contributed by atoms with Gasteiger partial charge in [0, 0.05) is 7.11 Å². The molecule has 0 aromatic heterocycles. The molecular formula is C12H21IO2. The van der Waals surface area contributed by atoms with E-state index in [2.05, 4.69) is 6.92 Å². The molecule has 0 amide bonds. The molecule has 5 unspecified atom stereocenters. The molecule has 3 heteroatoms. The Kier molecular flexibility index (Phi) is 4.30. The molecule has 2 fully saturated rings. The second-order valence-corrected chi connectivity index (χ2v) is 5.81. The van der Waals surface area contributed by atoms with E-state index in [-0.39, 0.29) is 0 Å². The van der Waals surface area contributed by atoms with Crippen LogP contribution in [0.2, 0.25) is 0 Å². The van der Waals surface area contributed by atoms with E-state index < -0.39 is 0 Å². The fourth-order valence-corrected chi connectivity index (χ4v) is 4.24. The maximum atomic E-state index is 5.71. The topological polar surface area (TPSA) is 18.5 Å². The first-order chi connectivity index (χ1) is 7.27. The minimum absolute atomic E-state index is 0.470. The standard InChI is InChI=1S/C12H21IO2/c1-8-11(7-15-13)9-4-3-5-10(6-9)12(8)14-2/h8-12H,3-7H2,1-2H3. The van der Waals surface area contributed by atoms with Crippen LogP contribution in [0.1, 0.15) is 32.6 Å². The molecule has 15 heavy (non-hydrogen) atoms. The van der Waals surface area contributed by atoms with Crippen molar-refractivity contribution in [3.8, 4) is 0 Å². The molecule has 0 aliphatic heterocycles. The lowest BCUT2D eigenvalue weighted by Gasteiger charge is -2.48. The van der Waals surface area contributed by atoms with Gasteiger partial charge in [-0.05, 0) is 36.5 Å².